The van der Waals surface area contributed by atoms with Crippen LogP contribution in [-0.2, 0) is 0 Å². The van der Waals surface area contributed by atoms with Gasteiger partial charge in [-0.15, -0.1) is 0 Å². The van der Waals surface area contributed by atoms with Crippen LogP contribution in [0.3, 0.4) is 0 Å². The third kappa shape index (κ3) is 2.42. The van der Waals surface area contributed by atoms with E-state index >= 15 is 0 Å². The van der Waals surface area contributed by atoms with Crippen molar-refractivity contribution < 1.29 is 4.74 Å². The molecule has 2 rings (SSSR count). The molecule has 3 nitrogen and oxygen atoms in total. The summed E-state index contributed by atoms with van der Waals surface area (Å²) in [5, 5.41) is 0. The average Bonchev–Trinajstić information content (AvgIpc) is 2.41. The second-order valence-electron chi connectivity index (χ2n) is 4.09. The van der Waals surface area contributed by atoms with Crippen LogP contribution in [0.1, 0.15) is 13.3 Å². The lowest BCUT2D eigenvalue weighted by Crippen LogP contribution is -2.36. The summed E-state index contributed by atoms with van der Waals surface area (Å²) in [6.07, 6.45) is 1.06. The molecule has 82 valence electrons. The lowest BCUT2D eigenvalue weighted by atomic mass is 10.2. The Labute approximate surface area is 90.8 Å². The van der Waals surface area contributed by atoms with E-state index in [2.05, 4.69) is 11.0 Å². The van der Waals surface area contributed by atoms with E-state index in [9.17, 15) is 0 Å². The van der Waals surface area contributed by atoms with Crippen molar-refractivity contribution in [2.75, 3.05) is 24.6 Å². The van der Waals surface area contributed by atoms with Gasteiger partial charge in [-0.1, -0.05) is 12.1 Å². The third-order valence-electron chi connectivity index (χ3n) is 2.54. The Bertz CT molecular complexity index is 325. The van der Waals surface area contributed by atoms with Gasteiger partial charge in [0.1, 0.15) is 5.75 Å². The van der Waals surface area contributed by atoms with E-state index in [0.29, 0.717) is 0 Å². The zero-order chi connectivity index (χ0) is 10.7. The van der Waals surface area contributed by atoms with Crippen LogP contribution in [0.4, 0.5) is 5.69 Å². The maximum atomic E-state index is 5.85. The van der Waals surface area contributed by atoms with Crippen molar-refractivity contribution in [3.8, 4) is 5.75 Å². The number of ether oxygens (including phenoxy) is 1. The standard InChI is InChI=1S/C12H18N2O/c1-10(13)9-14-7-4-8-15-12-6-3-2-5-11(12)14/h2-3,5-6,10H,4,7-9,13H2,1H3. The van der Waals surface area contributed by atoms with Gasteiger partial charge in [-0.3, -0.25) is 0 Å². The summed E-state index contributed by atoms with van der Waals surface area (Å²) in [6, 6.07) is 8.37. The molecule has 1 aromatic carbocycles. The number of hydrogen-bond acceptors (Lipinski definition) is 3. The largest absolute Gasteiger partial charge is 0.491 e. The fourth-order valence-corrected chi connectivity index (χ4v) is 1.94. The lowest BCUT2D eigenvalue weighted by molar-refractivity contribution is 0.322. The monoisotopic (exact) mass is 206 g/mol. The van der Waals surface area contributed by atoms with Crippen molar-refractivity contribution in [1.29, 1.82) is 0 Å². The molecule has 0 radical (unpaired) electrons. The Hall–Kier alpha value is -1.22. The molecule has 2 N–H and O–H groups in total. The van der Waals surface area contributed by atoms with E-state index in [0.717, 1.165) is 31.9 Å². The smallest absolute Gasteiger partial charge is 0.142 e. The molecule has 1 heterocycles. The number of anilines is 1. The van der Waals surface area contributed by atoms with E-state index < -0.39 is 0 Å². The Morgan fingerprint density at radius 2 is 2.27 bits per heavy atom. The number of fused-ring (bicyclic) bond motifs is 1. The number of nitrogens with zero attached hydrogens (tertiary/aromatic N) is 1. The normalized spacial score (nSPS) is 17.6. The van der Waals surface area contributed by atoms with Gasteiger partial charge in [-0.05, 0) is 25.5 Å². The van der Waals surface area contributed by atoms with E-state index in [-0.39, 0.29) is 6.04 Å². The van der Waals surface area contributed by atoms with E-state index in [1.165, 1.54) is 5.69 Å². The Balaban J connectivity index is 2.24. The van der Waals surface area contributed by atoms with Gasteiger partial charge in [0.15, 0.2) is 0 Å². The van der Waals surface area contributed by atoms with Gasteiger partial charge in [-0.2, -0.15) is 0 Å². The van der Waals surface area contributed by atoms with Gasteiger partial charge in [0.25, 0.3) is 0 Å². The summed E-state index contributed by atoms with van der Waals surface area (Å²) in [6.45, 7) is 4.75. The highest BCUT2D eigenvalue weighted by Gasteiger charge is 2.16. The Morgan fingerprint density at radius 1 is 1.47 bits per heavy atom. The molecule has 1 aromatic rings. The minimum Gasteiger partial charge on any atom is -0.491 e. The van der Waals surface area contributed by atoms with Crippen LogP contribution in [0.25, 0.3) is 0 Å². The summed E-state index contributed by atoms with van der Waals surface area (Å²) in [5.74, 6) is 0.982. The highest BCUT2D eigenvalue weighted by atomic mass is 16.5. The first-order valence-corrected chi connectivity index (χ1v) is 5.50. The first-order chi connectivity index (χ1) is 7.27. The van der Waals surface area contributed by atoms with Crippen molar-refractivity contribution in [2.24, 2.45) is 5.73 Å². The van der Waals surface area contributed by atoms with Crippen LogP contribution in [-0.4, -0.2) is 25.7 Å². The van der Waals surface area contributed by atoms with Gasteiger partial charge < -0.3 is 15.4 Å². The Morgan fingerprint density at radius 3 is 3.07 bits per heavy atom. The SMILES string of the molecule is CC(N)CN1CCCOc2ccccc21. The number of rotatable bonds is 2. The molecule has 0 saturated carbocycles. The van der Waals surface area contributed by atoms with Crippen LogP contribution in [0, 0.1) is 0 Å². The van der Waals surface area contributed by atoms with Crippen LogP contribution >= 0.6 is 0 Å². The fraction of sp³-hybridized carbons (Fsp3) is 0.500. The first-order valence-electron chi connectivity index (χ1n) is 5.50. The number of benzene rings is 1. The molecule has 1 aliphatic rings. The van der Waals surface area contributed by atoms with Crippen molar-refractivity contribution in [3.63, 3.8) is 0 Å². The fourth-order valence-electron chi connectivity index (χ4n) is 1.94. The molecule has 15 heavy (non-hydrogen) atoms. The zero-order valence-electron chi connectivity index (χ0n) is 9.15. The molecular weight excluding hydrogens is 188 g/mol. The molecular formula is C12H18N2O. The van der Waals surface area contributed by atoms with E-state index in [1.54, 1.807) is 0 Å². The number of para-hydroxylation sites is 2. The molecule has 0 amide bonds. The lowest BCUT2D eigenvalue weighted by Gasteiger charge is -2.25. The van der Waals surface area contributed by atoms with Crippen LogP contribution < -0.4 is 15.4 Å². The number of nitrogens with two attached hydrogens (primary N) is 1. The minimum absolute atomic E-state index is 0.191. The molecule has 3 heteroatoms. The first kappa shape index (κ1) is 10.3. The minimum atomic E-state index is 0.191. The number of hydrogen-bond donors (Lipinski definition) is 1. The van der Waals surface area contributed by atoms with E-state index in [4.69, 9.17) is 10.5 Å². The van der Waals surface area contributed by atoms with Gasteiger partial charge in [-0.25, -0.2) is 0 Å². The molecule has 0 saturated heterocycles. The molecule has 0 spiro atoms. The topological polar surface area (TPSA) is 38.5 Å². The van der Waals surface area contributed by atoms with Crippen molar-refractivity contribution in [1.82, 2.24) is 0 Å². The van der Waals surface area contributed by atoms with E-state index in [1.807, 2.05) is 25.1 Å². The summed E-state index contributed by atoms with van der Waals surface area (Å²) in [5.41, 5.74) is 7.02. The molecule has 0 aromatic heterocycles. The zero-order valence-corrected chi connectivity index (χ0v) is 9.15. The maximum Gasteiger partial charge on any atom is 0.142 e. The predicted molar refractivity (Wildman–Crippen MR) is 62.4 cm³/mol. The summed E-state index contributed by atoms with van der Waals surface area (Å²) in [4.78, 5) is 2.31. The van der Waals surface area contributed by atoms with Gasteiger partial charge in [0.05, 0.1) is 12.3 Å². The maximum absolute atomic E-state index is 5.85. The van der Waals surface area contributed by atoms with Crippen molar-refractivity contribution >= 4 is 5.69 Å². The summed E-state index contributed by atoms with van der Waals surface area (Å²) < 4.78 is 5.68. The quantitative estimate of drug-likeness (QED) is 0.799. The third-order valence-corrected chi connectivity index (χ3v) is 2.54. The Kier molecular flexibility index (Phi) is 3.11. The van der Waals surface area contributed by atoms with Gasteiger partial charge in [0, 0.05) is 19.1 Å². The molecule has 1 atom stereocenters. The van der Waals surface area contributed by atoms with Crippen molar-refractivity contribution in [2.45, 2.75) is 19.4 Å². The average molecular weight is 206 g/mol. The highest BCUT2D eigenvalue weighted by Crippen LogP contribution is 2.30. The van der Waals surface area contributed by atoms with Gasteiger partial charge in [0.2, 0.25) is 0 Å². The molecule has 1 aliphatic heterocycles. The van der Waals surface area contributed by atoms with Crippen LogP contribution in [0.15, 0.2) is 24.3 Å². The predicted octanol–water partition coefficient (Wildman–Crippen LogP) is 1.62. The molecule has 0 bridgehead atoms. The second-order valence-corrected chi connectivity index (χ2v) is 4.09. The summed E-state index contributed by atoms with van der Waals surface area (Å²) in [7, 11) is 0. The molecule has 0 fully saturated rings. The molecule has 1 unspecified atom stereocenters. The van der Waals surface area contributed by atoms with Gasteiger partial charge >= 0.3 is 0 Å². The van der Waals surface area contributed by atoms with Crippen LogP contribution in [0.2, 0.25) is 0 Å². The summed E-state index contributed by atoms with van der Waals surface area (Å²) >= 11 is 0. The van der Waals surface area contributed by atoms with Crippen molar-refractivity contribution in [3.05, 3.63) is 24.3 Å². The highest BCUT2D eigenvalue weighted by molar-refractivity contribution is 5.59. The molecule has 0 aliphatic carbocycles. The van der Waals surface area contributed by atoms with Crippen LogP contribution in [0.5, 0.6) is 5.75 Å². The second kappa shape index (κ2) is 4.53.